The summed E-state index contributed by atoms with van der Waals surface area (Å²) in [6.07, 6.45) is 2.76. The van der Waals surface area contributed by atoms with Crippen LogP contribution in [-0.4, -0.2) is 137 Å². The molecule has 0 spiro atoms. The van der Waals surface area contributed by atoms with Crippen molar-refractivity contribution in [2.24, 2.45) is 5.41 Å². The number of nitrogens with one attached hydrogen (secondary N) is 2. The smallest absolute Gasteiger partial charge is 0.445 e. The Morgan fingerprint density at radius 2 is 1.47 bits per heavy atom. The number of anilines is 2. The second kappa shape index (κ2) is 24.0. The van der Waals surface area contributed by atoms with Gasteiger partial charge in [-0.15, -0.1) is 11.8 Å². The number of ether oxygens (including phenoxy) is 1. The fourth-order valence-corrected chi connectivity index (χ4v) is 12.4. The van der Waals surface area contributed by atoms with E-state index in [0.717, 1.165) is 61.6 Å². The molecule has 2 saturated heterocycles. The van der Waals surface area contributed by atoms with Crippen LogP contribution in [0.25, 0.3) is 5.57 Å². The molecule has 4 aromatic rings. The quantitative estimate of drug-likeness (QED) is 0.0766. The van der Waals surface area contributed by atoms with E-state index in [1.54, 1.807) is 12.1 Å². The van der Waals surface area contributed by atoms with Crippen molar-refractivity contribution in [2.75, 3.05) is 88.0 Å². The molecule has 23 heteroatoms. The molecule has 1 atom stereocenters. The number of alkyl halides is 6. The third-order valence-corrected chi connectivity index (χ3v) is 17.7. The van der Waals surface area contributed by atoms with Crippen molar-refractivity contribution in [2.45, 2.75) is 69.6 Å². The molecule has 1 aliphatic carbocycles. The van der Waals surface area contributed by atoms with Crippen LogP contribution in [0.1, 0.15) is 55.5 Å². The first-order chi connectivity index (χ1) is 34.4. The molecule has 396 valence electrons. The van der Waals surface area contributed by atoms with Gasteiger partial charge in [0.25, 0.3) is 25.8 Å². The van der Waals surface area contributed by atoms with E-state index < -0.39 is 69.3 Å². The third kappa shape index (κ3) is 15.6. The number of piperazine rings is 2. The average molecular weight is 1150 g/mol. The molecule has 0 radical (unpaired) electrons. The summed E-state index contributed by atoms with van der Waals surface area (Å²) >= 11 is 24.7. The number of hydrogen-bond acceptors (Lipinski definition) is 12. The minimum Gasteiger partial charge on any atom is -0.445 e. The summed E-state index contributed by atoms with van der Waals surface area (Å²) < 4.78 is 102. The lowest BCUT2D eigenvalue weighted by molar-refractivity contribution is -0.0436. The van der Waals surface area contributed by atoms with E-state index in [-0.39, 0.29) is 29.8 Å². The SMILES string of the molecule is CC1(C)CCC(c2ccc(Cl)cc2)=C(CN2CCN(c3ccc(C(=O)NS(=O)(=O)c4ccc(N[C@H](CCN5CCN(C(=O)OCC(Cl)(Cl)Cl)CC5)CSc5ccccc5)c(S(=O)(=O)C(F)(F)F)c4)cc3)CC2)C1. The fourth-order valence-electron chi connectivity index (χ4n) is 9.06. The maximum absolute atomic E-state index is 14.3. The summed E-state index contributed by atoms with van der Waals surface area (Å²) in [6.45, 7) is 9.86. The van der Waals surface area contributed by atoms with Gasteiger partial charge >= 0.3 is 11.6 Å². The van der Waals surface area contributed by atoms with Crippen molar-refractivity contribution in [1.82, 2.24) is 19.4 Å². The number of sulfonamides is 1. The Morgan fingerprint density at radius 1 is 0.822 bits per heavy atom. The lowest BCUT2D eigenvalue weighted by Crippen LogP contribution is -2.49. The van der Waals surface area contributed by atoms with E-state index in [2.05, 4.69) is 41.1 Å². The van der Waals surface area contributed by atoms with Gasteiger partial charge in [0, 0.05) is 98.4 Å². The van der Waals surface area contributed by atoms with Gasteiger partial charge in [-0.25, -0.2) is 26.4 Å². The fraction of sp³-hybridized carbons (Fsp3) is 0.440. The first-order valence-corrected chi connectivity index (χ1v) is 29.0. The van der Waals surface area contributed by atoms with E-state index in [4.69, 9.17) is 51.1 Å². The van der Waals surface area contributed by atoms with Gasteiger partial charge in [-0.1, -0.05) is 96.2 Å². The summed E-state index contributed by atoms with van der Waals surface area (Å²) in [7, 11) is -11.0. The van der Waals surface area contributed by atoms with Gasteiger partial charge in [-0.05, 0) is 109 Å². The van der Waals surface area contributed by atoms with Crippen LogP contribution in [0.15, 0.2) is 117 Å². The van der Waals surface area contributed by atoms with Crippen LogP contribution < -0.4 is 14.9 Å². The molecular formula is C50H57Cl4F3N6O7S3. The maximum Gasteiger partial charge on any atom is 0.501 e. The van der Waals surface area contributed by atoms with Crippen LogP contribution in [0.4, 0.5) is 29.3 Å². The zero-order chi connectivity index (χ0) is 52.8. The third-order valence-electron chi connectivity index (χ3n) is 13.1. The number of hydrogen-bond donors (Lipinski definition) is 2. The number of carbonyl (C=O) groups is 2. The van der Waals surface area contributed by atoms with Gasteiger partial charge in [-0.2, -0.15) is 13.2 Å². The second-order valence-corrected chi connectivity index (χ2v) is 26.7. The molecule has 2 N–H and O–H groups in total. The van der Waals surface area contributed by atoms with Crippen molar-refractivity contribution >= 4 is 107 Å². The predicted octanol–water partition coefficient (Wildman–Crippen LogP) is 10.6. The number of amides is 2. The van der Waals surface area contributed by atoms with Gasteiger partial charge in [-0.3, -0.25) is 14.6 Å². The number of thioether (sulfide) groups is 1. The molecule has 13 nitrogen and oxygen atoms in total. The Hall–Kier alpha value is -3.92. The van der Waals surface area contributed by atoms with E-state index in [1.807, 2.05) is 52.1 Å². The van der Waals surface area contributed by atoms with Crippen molar-refractivity contribution in [3.8, 4) is 0 Å². The molecule has 7 rings (SSSR count). The number of allylic oxidation sites excluding steroid dienone is 1. The summed E-state index contributed by atoms with van der Waals surface area (Å²) in [4.78, 5) is 32.7. The zero-order valence-corrected chi connectivity index (χ0v) is 45.6. The van der Waals surface area contributed by atoms with E-state index >= 15 is 0 Å². The highest BCUT2D eigenvalue weighted by atomic mass is 35.6. The molecule has 2 aliphatic heterocycles. The number of rotatable bonds is 17. The van der Waals surface area contributed by atoms with E-state index in [1.165, 1.54) is 45.5 Å². The lowest BCUT2D eigenvalue weighted by atomic mass is 9.73. The monoisotopic (exact) mass is 1150 g/mol. The molecule has 0 unspecified atom stereocenters. The van der Waals surface area contributed by atoms with Gasteiger partial charge in [0.15, 0.2) is 0 Å². The van der Waals surface area contributed by atoms with Crippen LogP contribution in [0.3, 0.4) is 0 Å². The van der Waals surface area contributed by atoms with Crippen molar-refractivity contribution in [3.63, 3.8) is 0 Å². The number of nitrogens with zero attached hydrogens (tertiary/aromatic N) is 4. The standard InChI is InChI=1S/C50H57Cl4F3N6O7S3/c1-48(2)20-18-43(35-8-12-38(51)13-9-35)37(31-48)32-61-24-26-62(27-25-61)40-14-10-36(11-15-40)46(64)59-73(68,69)42-16-17-44(45(30-42)72(66,67)50(55,56)57)58-39(33-71-41-6-4-3-5-7-41)19-21-60-22-28-63(29-23-60)47(65)70-34-49(52,53)54/h3-17,30,39,58H,18-29,31-34H2,1-2H3,(H,59,64)/t39-/m1/s1. The number of halogens is 7. The van der Waals surface area contributed by atoms with Gasteiger partial charge in [0.2, 0.25) is 3.79 Å². The Kier molecular flexibility index (Phi) is 18.6. The highest BCUT2D eigenvalue weighted by Gasteiger charge is 2.48. The predicted molar refractivity (Wildman–Crippen MR) is 284 cm³/mol. The van der Waals surface area contributed by atoms with Crippen LogP contribution in [0.2, 0.25) is 5.02 Å². The lowest BCUT2D eigenvalue weighted by Gasteiger charge is -2.39. The summed E-state index contributed by atoms with van der Waals surface area (Å²) in [6, 6.07) is 25.2. The zero-order valence-electron chi connectivity index (χ0n) is 40.1. The molecule has 0 saturated carbocycles. The number of sulfone groups is 1. The summed E-state index contributed by atoms with van der Waals surface area (Å²) in [5, 5.41) is 3.66. The number of carbonyl (C=O) groups excluding carboxylic acids is 2. The van der Waals surface area contributed by atoms with Crippen molar-refractivity contribution in [3.05, 3.63) is 119 Å². The Labute approximate surface area is 449 Å². The average Bonchev–Trinajstić information content (AvgIpc) is 3.34. The minimum absolute atomic E-state index is 0.0332. The topological polar surface area (TPSA) is 149 Å². The molecule has 2 heterocycles. The van der Waals surface area contributed by atoms with Crippen LogP contribution in [0, 0.1) is 5.41 Å². The van der Waals surface area contributed by atoms with Crippen LogP contribution >= 0.6 is 58.2 Å². The molecule has 0 bridgehead atoms. The molecule has 3 aliphatic rings. The molecule has 73 heavy (non-hydrogen) atoms. The maximum atomic E-state index is 14.3. The first-order valence-electron chi connectivity index (χ1n) is 23.6. The van der Waals surface area contributed by atoms with Crippen LogP contribution in [0.5, 0.6) is 0 Å². The summed E-state index contributed by atoms with van der Waals surface area (Å²) in [5.41, 5.74) is -1.27. The highest BCUT2D eigenvalue weighted by molar-refractivity contribution is 7.99. The number of benzene rings is 4. The molecule has 0 aromatic heterocycles. The van der Waals surface area contributed by atoms with Gasteiger partial charge in [0.1, 0.15) is 11.5 Å². The summed E-state index contributed by atoms with van der Waals surface area (Å²) in [5.74, 6) is -0.786. The molecule has 2 fully saturated rings. The van der Waals surface area contributed by atoms with Crippen molar-refractivity contribution in [1.29, 1.82) is 0 Å². The van der Waals surface area contributed by atoms with Gasteiger partial charge in [0.05, 0.1) is 10.6 Å². The van der Waals surface area contributed by atoms with E-state index in [0.29, 0.717) is 50.2 Å². The van der Waals surface area contributed by atoms with Gasteiger partial charge < -0.3 is 19.9 Å². The van der Waals surface area contributed by atoms with Crippen molar-refractivity contribution < 1.29 is 44.3 Å². The Balaban J connectivity index is 1.00. The second-order valence-electron chi connectivity index (χ2n) is 19.0. The Bertz CT molecular complexity index is 2830. The normalized spacial score (nSPS) is 17.8. The first kappa shape index (κ1) is 56.8. The van der Waals surface area contributed by atoms with E-state index in [9.17, 15) is 39.6 Å². The molecular weight excluding hydrogens is 1090 g/mol. The highest BCUT2D eigenvalue weighted by Crippen LogP contribution is 2.43. The Morgan fingerprint density at radius 3 is 2.10 bits per heavy atom. The van der Waals surface area contributed by atoms with Crippen LogP contribution in [-0.2, 0) is 24.6 Å². The molecule has 4 aromatic carbocycles. The largest absolute Gasteiger partial charge is 0.501 e. The minimum atomic E-state index is -6.14. The molecule has 2 amide bonds.